The molecule has 0 aliphatic carbocycles. The Morgan fingerprint density at radius 2 is 2.03 bits per heavy atom. The third-order valence-corrected chi connectivity index (χ3v) is 5.67. The molecule has 2 aromatic rings. The fraction of sp³-hybridized carbons (Fsp3) is 0.455. The number of likely N-dealkylation sites (tertiary alicyclic amines) is 1. The molecule has 9 nitrogen and oxygen atoms in total. The van der Waals surface area contributed by atoms with Crippen LogP contribution in [-0.4, -0.2) is 70.6 Å². The van der Waals surface area contributed by atoms with Gasteiger partial charge in [0.15, 0.2) is 5.69 Å². The molecule has 0 atom stereocenters. The van der Waals surface area contributed by atoms with E-state index in [1.54, 1.807) is 22.8 Å². The van der Waals surface area contributed by atoms with Gasteiger partial charge in [0.1, 0.15) is 11.4 Å². The lowest BCUT2D eigenvalue weighted by Crippen LogP contribution is -2.39. The van der Waals surface area contributed by atoms with Crippen molar-refractivity contribution < 1.29 is 19.1 Å². The van der Waals surface area contributed by atoms with Crippen molar-refractivity contribution in [3.63, 3.8) is 0 Å². The summed E-state index contributed by atoms with van der Waals surface area (Å²) in [7, 11) is 1.61. The molecule has 0 bridgehead atoms. The van der Waals surface area contributed by atoms with Gasteiger partial charge in [0.25, 0.3) is 11.8 Å². The second kappa shape index (κ2) is 9.20. The van der Waals surface area contributed by atoms with E-state index in [1.807, 2.05) is 29.2 Å². The molecular formula is C22H27N5O4. The van der Waals surface area contributed by atoms with Crippen molar-refractivity contribution in [3.8, 4) is 5.75 Å². The van der Waals surface area contributed by atoms with Crippen LogP contribution in [0.1, 0.15) is 45.8 Å². The maximum absolute atomic E-state index is 12.9. The van der Waals surface area contributed by atoms with Gasteiger partial charge in [0, 0.05) is 45.2 Å². The van der Waals surface area contributed by atoms with Crippen LogP contribution in [0, 0.1) is 0 Å². The fourth-order valence-corrected chi connectivity index (χ4v) is 3.99. The van der Waals surface area contributed by atoms with E-state index in [0.29, 0.717) is 51.3 Å². The first-order valence-electron chi connectivity index (χ1n) is 10.6. The van der Waals surface area contributed by atoms with Crippen LogP contribution in [0.15, 0.2) is 30.3 Å². The van der Waals surface area contributed by atoms with E-state index in [0.717, 1.165) is 24.3 Å². The highest BCUT2D eigenvalue weighted by atomic mass is 16.5. The van der Waals surface area contributed by atoms with Gasteiger partial charge in [-0.15, -0.1) is 0 Å². The van der Waals surface area contributed by atoms with Crippen molar-refractivity contribution in [2.75, 3.05) is 33.3 Å². The minimum atomic E-state index is -0.304. The quantitative estimate of drug-likeness (QED) is 0.643. The van der Waals surface area contributed by atoms with Gasteiger partial charge in [0.05, 0.1) is 13.7 Å². The van der Waals surface area contributed by atoms with Crippen molar-refractivity contribution in [3.05, 3.63) is 47.3 Å². The number of nitrogens with zero attached hydrogens (tertiary/aromatic N) is 4. The number of ether oxygens (including phenoxy) is 1. The first kappa shape index (κ1) is 20.9. The average molecular weight is 425 g/mol. The molecule has 2 aliphatic heterocycles. The number of amides is 3. The summed E-state index contributed by atoms with van der Waals surface area (Å²) >= 11 is 0. The first-order chi connectivity index (χ1) is 15.0. The molecule has 0 unspecified atom stereocenters. The number of hydrogen-bond acceptors (Lipinski definition) is 5. The number of aromatic nitrogens is 2. The minimum Gasteiger partial charge on any atom is -0.497 e. The van der Waals surface area contributed by atoms with Crippen LogP contribution in [0.2, 0.25) is 0 Å². The summed E-state index contributed by atoms with van der Waals surface area (Å²) < 4.78 is 6.85. The molecule has 3 heterocycles. The van der Waals surface area contributed by atoms with Crippen molar-refractivity contribution in [2.24, 2.45) is 0 Å². The topological polar surface area (TPSA) is 96.8 Å². The van der Waals surface area contributed by atoms with E-state index in [-0.39, 0.29) is 23.4 Å². The molecule has 2 aliphatic rings. The van der Waals surface area contributed by atoms with E-state index in [4.69, 9.17) is 4.74 Å². The highest BCUT2D eigenvalue weighted by Crippen LogP contribution is 2.19. The lowest BCUT2D eigenvalue weighted by Gasteiger charge is -2.27. The molecule has 1 saturated heterocycles. The summed E-state index contributed by atoms with van der Waals surface area (Å²) in [5.41, 5.74) is 1.64. The minimum absolute atomic E-state index is 0.145. The molecular weight excluding hydrogens is 398 g/mol. The highest BCUT2D eigenvalue weighted by molar-refractivity contribution is 5.98. The Morgan fingerprint density at radius 3 is 2.81 bits per heavy atom. The van der Waals surface area contributed by atoms with E-state index < -0.39 is 0 Å². The summed E-state index contributed by atoms with van der Waals surface area (Å²) in [5, 5.41) is 7.14. The monoisotopic (exact) mass is 425 g/mol. The number of hydrogen-bond donors (Lipinski definition) is 1. The molecule has 9 heteroatoms. The van der Waals surface area contributed by atoms with E-state index in [1.165, 1.54) is 0 Å². The molecule has 4 rings (SSSR count). The summed E-state index contributed by atoms with van der Waals surface area (Å²) in [6, 6.07) is 9.18. The summed E-state index contributed by atoms with van der Waals surface area (Å²) in [6.07, 6.45) is 2.22. The summed E-state index contributed by atoms with van der Waals surface area (Å²) in [4.78, 5) is 40.6. The Labute approximate surface area is 180 Å². The molecule has 1 aromatic carbocycles. The number of nitrogens with one attached hydrogen (secondary N) is 1. The van der Waals surface area contributed by atoms with Gasteiger partial charge in [-0.3, -0.25) is 19.1 Å². The van der Waals surface area contributed by atoms with E-state index in [9.17, 15) is 14.4 Å². The Hall–Kier alpha value is -3.36. The summed E-state index contributed by atoms with van der Waals surface area (Å²) in [5.74, 6) is 0.486. The maximum Gasteiger partial charge on any atom is 0.272 e. The van der Waals surface area contributed by atoms with E-state index in [2.05, 4.69) is 10.4 Å². The average Bonchev–Trinajstić information content (AvgIpc) is 3.40. The molecule has 1 aromatic heterocycles. The van der Waals surface area contributed by atoms with Crippen molar-refractivity contribution in [1.29, 1.82) is 0 Å². The third-order valence-electron chi connectivity index (χ3n) is 5.67. The van der Waals surface area contributed by atoms with Crippen LogP contribution in [-0.2, 0) is 17.9 Å². The van der Waals surface area contributed by atoms with Gasteiger partial charge in [-0.25, -0.2) is 0 Å². The number of fused-ring (bicyclic) bond motifs is 1. The molecule has 31 heavy (non-hydrogen) atoms. The van der Waals surface area contributed by atoms with E-state index >= 15 is 0 Å². The van der Waals surface area contributed by atoms with Crippen LogP contribution in [0.5, 0.6) is 5.75 Å². The first-order valence-corrected chi connectivity index (χ1v) is 10.6. The van der Waals surface area contributed by atoms with Gasteiger partial charge in [-0.2, -0.15) is 5.10 Å². The smallest absolute Gasteiger partial charge is 0.272 e. The molecule has 3 amide bonds. The third kappa shape index (κ3) is 4.70. The largest absolute Gasteiger partial charge is 0.497 e. The maximum atomic E-state index is 12.9. The molecule has 1 fully saturated rings. The lowest BCUT2D eigenvalue weighted by molar-refractivity contribution is -0.127. The zero-order valence-electron chi connectivity index (χ0n) is 17.7. The zero-order chi connectivity index (χ0) is 21.8. The SMILES string of the molecule is COc1cccc(CN2CCn3nc(C(=O)NCCCN4CCCC4=O)cc3C2=O)c1. The Balaban J connectivity index is 1.32. The fourth-order valence-electron chi connectivity index (χ4n) is 3.99. The van der Waals surface area contributed by atoms with Gasteiger partial charge in [-0.05, 0) is 30.5 Å². The van der Waals surface area contributed by atoms with Crippen molar-refractivity contribution >= 4 is 17.7 Å². The second-order valence-electron chi connectivity index (χ2n) is 7.81. The van der Waals surface area contributed by atoms with Crippen molar-refractivity contribution in [1.82, 2.24) is 24.9 Å². The Kier molecular flexibility index (Phi) is 6.20. The number of rotatable bonds is 8. The van der Waals surface area contributed by atoms with Crippen molar-refractivity contribution in [2.45, 2.75) is 32.4 Å². The lowest BCUT2D eigenvalue weighted by atomic mass is 10.1. The van der Waals surface area contributed by atoms with Crippen LogP contribution < -0.4 is 10.1 Å². The second-order valence-corrected chi connectivity index (χ2v) is 7.81. The molecule has 0 radical (unpaired) electrons. The Bertz CT molecular complexity index is 986. The normalized spacial score (nSPS) is 15.9. The van der Waals surface area contributed by atoms with Gasteiger partial charge in [0.2, 0.25) is 5.91 Å². The van der Waals surface area contributed by atoms with Gasteiger partial charge in [-0.1, -0.05) is 12.1 Å². The number of carbonyl (C=O) groups is 3. The summed E-state index contributed by atoms with van der Waals surface area (Å²) in [6.45, 7) is 3.44. The predicted molar refractivity (Wildman–Crippen MR) is 113 cm³/mol. The molecule has 1 N–H and O–H groups in total. The highest BCUT2D eigenvalue weighted by Gasteiger charge is 2.28. The number of benzene rings is 1. The zero-order valence-corrected chi connectivity index (χ0v) is 17.7. The number of methoxy groups -OCH3 is 1. The molecule has 0 spiro atoms. The predicted octanol–water partition coefficient (Wildman–Crippen LogP) is 1.29. The van der Waals surface area contributed by atoms with Crippen LogP contribution in [0.4, 0.5) is 0 Å². The standard InChI is InChI=1S/C22H27N5O4/c1-31-17-6-2-5-16(13-17)15-26-11-12-27-19(22(26)30)14-18(24-27)21(29)23-8-4-10-25-9-3-7-20(25)28/h2,5-6,13-14H,3-4,7-12,15H2,1H3,(H,23,29). The van der Waals surface area contributed by atoms with Crippen LogP contribution in [0.3, 0.4) is 0 Å². The van der Waals surface area contributed by atoms with Crippen LogP contribution in [0.25, 0.3) is 0 Å². The molecule has 164 valence electrons. The van der Waals surface area contributed by atoms with Gasteiger partial charge < -0.3 is 19.9 Å². The van der Waals surface area contributed by atoms with Gasteiger partial charge >= 0.3 is 0 Å². The molecule has 0 saturated carbocycles. The van der Waals surface area contributed by atoms with Crippen LogP contribution >= 0.6 is 0 Å². The number of carbonyl (C=O) groups excluding carboxylic acids is 3. The Morgan fingerprint density at radius 1 is 1.16 bits per heavy atom.